The molecule has 32 heavy (non-hydrogen) atoms. The molecule has 0 spiro atoms. The van der Waals surface area contributed by atoms with Crippen LogP contribution < -0.4 is 4.90 Å². The van der Waals surface area contributed by atoms with Crippen molar-refractivity contribution in [3.8, 4) is 0 Å². The fraction of sp³-hybridized carbons (Fsp3) is 0.273. The molecule has 0 N–H and O–H groups in total. The van der Waals surface area contributed by atoms with E-state index in [1.54, 1.807) is 17.0 Å². The quantitative estimate of drug-likeness (QED) is 0.222. The van der Waals surface area contributed by atoms with Crippen molar-refractivity contribution < 1.29 is 9.72 Å². The van der Waals surface area contributed by atoms with Crippen LogP contribution in [-0.2, 0) is 11.3 Å². The van der Waals surface area contributed by atoms with Gasteiger partial charge in [0, 0.05) is 43.8 Å². The van der Waals surface area contributed by atoms with Crippen molar-refractivity contribution >= 4 is 51.7 Å². The van der Waals surface area contributed by atoms with Crippen LogP contribution >= 0.6 is 23.4 Å². The average molecular weight is 472 g/mol. The number of imidazole rings is 1. The monoisotopic (exact) mass is 471 g/mol. The van der Waals surface area contributed by atoms with Gasteiger partial charge in [0.2, 0.25) is 5.91 Å². The molecule has 0 atom stereocenters. The first-order valence-electron chi connectivity index (χ1n) is 10.1. The summed E-state index contributed by atoms with van der Waals surface area (Å²) in [5, 5.41) is 12.5. The van der Waals surface area contributed by atoms with E-state index in [0.717, 1.165) is 16.2 Å². The molecule has 2 aromatic carbocycles. The Hall–Kier alpha value is -3.04. The van der Waals surface area contributed by atoms with Crippen molar-refractivity contribution in [2.75, 3.05) is 36.8 Å². The molecule has 1 fully saturated rings. The normalized spacial score (nSPS) is 14.0. The van der Waals surface area contributed by atoms with Gasteiger partial charge in [0.05, 0.1) is 21.7 Å². The van der Waals surface area contributed by atoms with Gasteiger partial charge in [-0.05, 0) is 24.3 Å². The van der Waals surface area contributed by atoms with Crippen LogP contribution in [0.25, 0.3) is 11.0 Å². The maximum Gasteiger partial charge on any atom is 0.294 e. The summed E-state index contributed by atoms with van der Waals surface area (Å²) in [4.78, 5) is 32.2. The number of hydrogen-bond donors (Lipinski definition) is 0. The number of amides is 1. The number of halogens is 1. The van der Waals surface area contributed by atoms with Gasteiger partial charge in [-0.2, -0.15) is 0 Å². The number of rotatable bonds is 7. The standard InChI is InChI=1S/C22H22ClN5O3S/c1-2-9-27-18-6-4-3-5-17(18)24-22(27)32-15-21(29)26-12-10-25(11-13-26)19-8-7-16(23)14-20(19)28(30)31/h2-8,14H,1,9-13,15H2. The largest absolute Gasteiger partial charge is 0.362 e. The summed E-state index contributed by atoms with van der Waals surface area (Å²) in [6, 6.07) is 12.5. The number of carbonyl (C=O) groups excluding carboxylic acids is 1. The molecule has 2 heterocycles. The molecule has 1 aliphatic heterocycles. The first-order valence-corrected chi connectivity index (χ1v) is 11.5. The molecule has 1 saturated heterocycles. The molecule has 1 aliphatic rings. The molecule has 8 nitrogen and oxygen atoms in total. The Bertz CT molecular complexity index is 1170. The zero-order valence-electron chi connectivity index (χ0n) is 17.3. The number of fused-ring (bicyclic) bond motifs is 1. The van der Waals surface area contributed by atoms with Crippen LogP contribution in [0.15, 0.2) is 60.3 Å². The predicted molar refractivity (Wildman–Crippen MR) is 128 cm³/mol. The van der Waals surface area contributed by atoms with Crippen molar-refractivity contribution in [1.29, 1.82) is 0 Å². The van der Waals surface area contributed by atoms with E-state index in [9.17, 15) is 14.9 Å². The Morgan fingerprint density at radius 3 is 2.69 bits per heavy atom. The van der Waals surface area contributed by atoms with Crippen molar-refractivity contribution in [3.05, 3.63) is 70.3 Å². The fourth-order valence-corrected chi connectivity index (χ4v) is 4.89. The topological polar surface area (TPSA) is 84.5 Å². The third-order valence-corrected chi connectivity index (χ3v) is 6.56. The maximum atomic E-state index is 12.8. The molecular weight excluding hydrogens is 450 g/mol. The second-order valence-corrected chi connectivity index (χ2v) is 8.71. The third kappa shape index (κ3) is 4.58. The van der Waals surface area contributed by atoms with Gasteiger partial charge in [-0.3, -0.25) is 14.9 Å². The van der Waals surface area contributed by atoms with E-state index in [0.29, 0.717) is 43.4 Å². The highest BCUT2D eigenvalue weighted by atomic mass is 35.5. The number of nitrogens with zero attached hydrogens (tertiary/aromatic N) is 5. The fourth-order valence-electron chi connectivity index (χ4n) is 3.79. The Morgan fingerprint density at radius 1 is 1.22 bits per heavy atom. The van der Waals surface area contributed by atoms with E-state index in [4.69, 9.17) is 11.6 Å². The number of allylic oxidation sites excluding steroid dienone is 1. The van der Waals surface area contributed by atoms with Gasteiger partial charge in [0.1, 0.15) is 5.69 Å². The second kappa shape index (κ2) is 9.62. The molecule has 0 radical (unpaired) electrons. The first-order chi connectivity index (χ1) is 15.5. The highest BCUT2D eigenvalue weighted by molar-refractivity contribution is 7.99. The maximum absolute atomic E-state index is 12.8. The smallest absolute Gasteiger partial charge is 0.294 e. The van der Waals surface area contributed by atoms with Crippen LogP contribution in [-0.4, -0.2) is 57.2 Å². The minimum Gasteiger partial charge on any atom is -0.362 e. The lowest BCUT2D eigenvalue weighted by Crippen LogP contribution is -2.49. The molecule has 4 rings (SSSR count). The van der Waals surface area contributed by atoms with Gasteiger partial charge in [0.15, 0.2) is 5.16 Å². The number of hydrogen-bond acceptors (Lipinski definition) is 6. The summed E-state index contributed by atoms with van der Waals surface area (Å²) >= 11 is 7.33. The molecular formula is C22H22ClN5O3S. The van der Waals surface area contributed by atoms with Crippen LogP contribution in [0.1, 0.15) is 0 Å². The number of benzene rings is 2. The average Bonchev–Trinajstić information content (AvgIpc) is 3.15. The summed E-state index contributed by atoms with van der Waals surface area (Å²) in [6.45, 7) is 6.49. The van der Waals surface area contributed by atoms with Crippen LogP contribution in [0.2, 0.25) is 5.02 Å². The third-order valence-electron chi connectivity index (χ3n) is 5.36. The summed E-state index contributed by atoms with van der Waals surface area (Å²) in [5.41, 5.74) is 2.41. The van der Waals surface area contributed by atoms with E-state index in [1.165, 1.54) is 17.8 Å². The van der Waals surface area contributed by atoms with E-state index in [-0.39, 0.29) is 17.3 Å². The Kier molecular flexibility index (Phi) is 6.66. The Morgan fingerprint density at radius 2 is 1.97 bits per heavy atom. The SMILES string of the molecule is C=CCn1c(SCC(=O)N2CCN(c3ccc(Cl)cc3[N+](=O)[O-])CC2)nc2ccccc21. The lowest BCUT2D eigenvalue weighted by Gasteiger charge is -2.35. The van der Waals surface area contributed by atoms with Gasteiger partial charge in [-0.1, -0.05) is 41.6 Å². The highest BCUT2D eigenvalue weighted by Crippen LogP contribution is 2.32. The molecule has 3 aromatic rings. The molecule has 0 saturated carbocycles. The van der Waals surface area contributed by atoms with Crippen LogP contribution in [0.5, 0.6) is 0 Å². The second-order valence-electron chi connectivity index (χ2n) is 7.33. The molecule has 10 heteroatoms. The number of para-hydroxylation sites is 2. The van der Waals surface area contributed by atoms with Gasteiger partial charge in [-0.25, -0.2) is 4.98 Å². The number of thioether (sulfide) groups is 1. The number of piperazine rings is 1. The zero-order chi connectivity index (χ0) is 22.7. The van der Waals surface area contributed by atoms with E-state index in [2.05, 4.69) is 16.1 Å². The Labute approximate surface area is 194 Å². The molecule has 0 unspecified atom stereocenters. The van der Waals surface area contributed by atoms with Gasteiger partial charge in [-0.15, -0.1) is 6.58 Å². The summed E-state index contributed by atoms with van der Waals surface area (Å²) in [7, 11) is 0. The number of aromatic nitrogens is 2. The van der Waals surface area contributed by atoms with Crippen molar-refractivity contribution in [3.63, 3.8) is 0 Å². The summed E-state index contributed by atoms with van der Waals surface area (Å²) in [5.74, 6) is 0.305. The minimum atomic E-state index is -0.426. The highest BCUT2D eigenvalue weighted by Gasteiger charge is 2.26. The lowest BCUT2D eigenvalue weighted by atomic mass is 10.2. The zero-order valence-corrected chi connectivity index (χ0v) is 18.9. The van der Waals surface area contributed by atoms with E-state index in [1.807, 2.05) is 35.2 Å². The van der Waals surface area contributed by atoms with Crippen LogP contribution in [0, 0.1) is 10.1 Å². The molecule has 0 aliphatic carbocycles. The van der Waals surface area contributed by atoms with Gasteiger partial charge < -0.3 is 14.4 Å². The minimum absolute atomic E-state index is 0.0195. The number of nitro groups is 1. The van der Waals surface area contributed by atoms with Crippen molar-refractivity contribution in [1.82, 2.24) is 14.5 Å². The predicted octanol–water partition coefficient (Wildman–Crippen LogP) is 4.22. The number of nitro benzene ring substituents is 1. The van der Waals surface area contributed by atoms with Gasteiger partial charge >= 0.3 is 0 Å². The number of carbonyl (C=O) groups is 1. The first kappa shape index (κ1) is 22.2. The number of anilines is 1. The van der Waals surface area contributed by atoms with E-state index < -0.39 is 4.92 Å². The van der Waals surface area contributed by atoms with Crippen molar-refractivity contribution in [2.24, 2.45) is 0 Å². The lowest BCUT2D eigenvalue weighted by molar-refractivity contribution is -0.384. The van der Waals surface area contributed by atoms with Crippen LogP contribution in [0.3, 0.4) is 0 Å². The van der Waals surface area contributed by atoms with E-state index >= 15 is 0 Å². The molecule has 1 aromatic heterocycles. The molecule has 1 amide bonds. The van der Waals surface area contributed by atoms with Crippen molar-refractivity contribution in [2.45, 2.75) is 11.7 Å². The Balaban J connectivity index is 1.39. The summed E-state index contributed by atoms with van der Waals surface area (Å²) in [6.07, 6.45) is 1.81. The van der Waals surface area contributed by atoms with Gasteiger partial charge in [0.25, 0.3) is 5.69 Å². The van der Waals surface area contributed by atoms with Crippen LogP contribution in [0.4, 0.5) is 11.4 Å². The molecule has 166 valence electrons. The summed E-state index contributed by atoms with van der Waals surface area (Å²) < 4.78 is 2.05. The molecule has 0 bridgehead atoms.